The number of carbonyl (C=O) groups excluding carboxylic acids is 1. The molecule has 0 N–H and O–H groups in total. The molecule has 1 amide bonds. The highest BCUT2D eigenvalue weighted by Crippen LogP contribution is 2.18. The number of rotatable bonds is 6. The molecule has 4 nitrogen and oxygen atoms in total. The minimum atomic E-state index is -0.273. The Morgan fingerprint density at radius 2 is 1.73 bits per heavy atom. The van der Waals surface area contributed by atoms with Crippen LogP contribution in [0, 0.1) is 5.82 Å². The predicted octanol–water partition coefficient (Wildman–Crippen LogP) is 2.76. The first-order chi connectivity index (χ1) is 12.7. The van der Waals surface area contributed by atoms with Gasteiger partial charge in [-0.2, -0.15) is 0 Å². The molecule has 0 aliphatic carbocycles. The second kappa shape index (κ2) is 8.81. The van der Waals surface area contributed by atoms with E-state index in [0.717, 1.165) is 50.5 Å². The van der Waals surface area contributed by atoms with Gasteiger partial charge in [0.2, 0.25) is 5.91 Å². The molecule has 138 valence electrons. The maximum atomic E-state index is 13.0. The van der Waals surface area contributed by atoms with Gasteiger partial charge in [-0.05, 0) is 35.7 Å². The Morgan fingerprint density at radius 3 is 2.42 bits per heavy atom. The molecule has 0 radical (unpaired) electrons. The Kier molecular flexibility index (Phi) is 6.23. The largest absolute Gasteiger partial charge is 0.496 e. The summed E-state index contributed by atoms with van der Waals surface area (Å²) in [6.45, 7) is 4.20. The molecule has 0 aromatic heterocycles. The molecule has 0 saturated carbocycles. The van der Waals surface area contributed by atoms with Crippen LogP contribution in [0.2, 0.25) is 0 Å². The standard InChI is InChI=1S/C21H25FN2O2/c1-26-20-5-3-2-4-18(20)10-11-23-12-14-24(15-13-23)21(25)16-17-6-8-19(22)9-7-17/h2-9H,10-16H2,1H3. The number of halogens is 1. The highest BCUT2D eigenvalue weighted by Gasteiger charge is 2.21. The molecule has 26 heavy (non-hydrogen) atoms. The second-order valence-electron chi connectivity index (χ2n) is 6.59. The molecule has 1 heterocycles. The van der Waals surface area contributed by atoms with Crippen molar-refractivity contribution in [2.45, 2.75) is 12.8 Å². The molecule has 2 aromatic carbocycles. The Bertz CT molecular complexity index is 725. The van der Waals surface area contributed by atoms with E-state index in [1.165, 1.54) is 17.7 Å². The van der Waals surface area contributed by atoms with E-state index in [1.807, 2.05) is 23.1 Å². The van der Waals surface area contributed by atoms with Crippen molar-refractivity contribution in [3.63, 3.8) is 0 Å². The molecule has 0 bridgehead atoms. The van der Waals surface area contributed by atoms with Gasteiger partial charge in [-0.15, -0.1) is 0 Å². The molecule has 0 spiro atoms. The Balaban J connectivity index is 1.45. The third-order valence-corrected chi connectivity index (χ3v) is 4.88. The summed E-state index contributed by atoms with van der Waals surface area (Å²) in [7, 11) is 1.70. The van der Waals surface area contributed by atoms with Crippen LogP contribution in [0.4, 0.5) is 4.39 Å². The summed E-state index contributed by atoms with van der Waals surface area (Å²) in [6, 6.07) is 14.3. The van der Waals surface area contributed by atoms with Gasteiger partial charge in [-0.3, -0.25) is 9.69 Å². The normalized spacial score (nSPS) is 15.1. The van der Waals surface area contributed by atoms with Gasteiger partial charge in [-0.25, -0.2) is 4.39 Å². The first-order valence-electron chi connectivity index (χ1n) is 9.02. The van der Waals surface area contributed by atoms with Crippen molar-refractivity contribution in [1.29, 1.82) is 0 Å². The van der Waals surface area contributed by atoms with Gasteiger partial charge in [-0.1, -0.05) is 30.3 Å². The number of piperazine rings is 1. The molecular formula is C21H25FN2O2. The zero-order valence-corrected chi connectivity index (χ0v) is 15.2. The van der Waals surface area contributed by atoms with E-state index in [-0.39, 0.29) is 11.7 Å². The van der Waals surface area contributed by atoms with E-state index in [9.17, 15) is 9.18 Å². The van der Waals surface area contributed by atoms with E-state index >= 15 is 0 Å². The quantitative estimate of drug-likeness (QED) is 0.798. The summed E-state index contributed by atoms with van der Waals surface area (Å²) in [5, 5.41) is 0. The van der Waals surface area contributed by atoms with Gasteiger partial charge in [0.15, 0.2) is 0 Å². The zero-order chi connectivity index (χ0) is 18.4. The lowest BCUT2D eigenvalue weighted by Gasteiger charge is -2.35. The smallest absolute Gasteiger partial charge is 0.227 e. The van der Waals surface area contributed by atoms with Crippen molar-refractivity contribution in [2.75, 3.05) is 39.8 Å². The first-order valence-corrected chi connectivity index (χ1v) is 9.02. The van der Waals surface area contributed by atoms with Gasteiger partial charge < -0.3 is 9.64 Å². The van der Waals surface area contributed by atoms with Crippen LogP contribution >= 0.6 is 0 Å². The molecule has 1 aliphatic rings. The lowest BCUT2D eigenvalue weighted by Crippen LogP contribution is -2.49. The minimum Gasteiger partial charge on any atom is -0.496 e. The van der Waals surface area contributed by atoms with Crippen LogP contribution in [0.5, 0.6) is 5.75 Å². The third kappa shape index (κ3) is 4.82. The van der Waals surface area contributed by atoms with Crippen molar-refractivity contribution in [1.82, 2.24) is 9.80 Å². The van der Waals surface area contributed by atoms with Crippen LogP contribution in [0.15, 0.2) is 48.5 Å². The average molecular weight is 356 g/mol. The van der Waals surface area contributed by atoms with Crippen molar-refractivity contribution >= 4 is 5.91 Å². The van der Waals surface area contributed by atoms with Crippen LogP contribution in [-0.4, -0.2) is 55.5 Å². The Labute approximate surface area is 154 Å². The maximum absolute atomic E-state index is 13.0. The topological polar surface area (TPSA) is 32.8 Å². The zero-order valence-electron chi connectivity index (χ0n) is 15.2. The van der Waals surface area contributed by atoms with Crippen molar-refractivity contribution < 1.29 is 13.9 Å². The fourth-order valence-electron chi connectivity index (χ4n) is 3.30. The highest BCUT2D eigenvalue weighted by molar-refractivity contribution is 5.78. The number of carbonyl (C=O) groups is 1. The monoisotopic (exact) mass is 356 g/mol. The van der Waals surface area contributed by atoms with Crippen LogP contribution in [0.25, 0.3) is 0 Å². The molecule has 2 aromatic rings. The molecule has 5 heteroatoms. The van der Waals surface area contributed by atoms with Crippen molar-refractivity contribution in [3.05, 3.63) is 65.5 Å². The number of hydrogen-bond acceptors (Lipinski definition) is 3. The maximum Gasteiger partial charge on any atom is 0.227 e. The Morgan fingerprint density at radius 1 is 1.04 bits per heavy atom. The summed E-state index contributed by atoms with van der Waals surface area (Å²) >= 11 is 0. The van der Waals surface area contributed by atoms with E-state index in [4.69, 9.17) is 4.74 Å². The highest BCUT2D eigenvalue weighted by atomic mass is 19.1. The summed E-state index contributed by atoms with van der Waals surface area (Å²) in [4.78, 5) is 16.7. The number of para-hydroxylation sites is 1. The summed E-state index contributed by atoms with van der Waals surface area (Å²) in [6.07, 6.45) is 1.27. The molecule has 1 saturated heterocycles. The van der Waals surface area contributed by atoms with Gasteiger partial charge in [0, 0.05) is 32.7 Å². The molecule has 0 atom stereocenters. The SMILES string of the molecule is COc1ccccc1CCN1CCN(C(=O)Cc2ccc(F)cc2)CC1. The van der Waals surface area contributed by atoms with Crippen LogP contribution < -0.4 is 4.74 Å². The molecule has 1 aliphatic heterocycles. The van der Waals surface area contributed by atoms with E-state index in [2.05, 4.69) is 11.0 Å². The van der Waals surface area contributed by atoms with Gasteiger partial charge in [0.1, 0.15) is 11.6 Å². The summed E-state index contributed by atoms with van der Waals surface area (Å²) < 4.78 is 18.4. The lowest BCUT2D eigenvalue weighted by molar-refractivity contribution is -0.132. The van der Waals surface area contributed by atoms with Crippen molar-refractivity contribution in [2.24, 2.45) is 0 Å². The van der Waals surface area contributed by atoms with Gasteiger partial charge >= 0.3 is 0 Å². The van der Waals surface area contributed by atoms with Crippen LogP contribution in [0.1, 0.15) is 11.1 Å². The minimum absolute atomic E-state index is 0.112. The molecule has 0 unspecified atom stereocenters. The lowest BCUT2D eigenvalue weighted by atomic mass is 10.1. The van der Waals surface area contributed by atoms with E-state index in [1.54, 1.807) is 19.2 Å². The number of hydrogen-bond donors (Lipinski definition) is 0. The number of ether oxygens (including phenoxy) is 1. The number of nitrogens with zero attached hydrogens (tertiary/aromatic N) is 2. The van der Waals surface area contributed by atoms with Crippen LogP contribution in [0.3, 0.4) is 0 Å². The van der Waals surface area contributed by atoms with Gasteiger partial charge in [0.05, 0.1) is 13.5 Å². The summed E-state index contributed by atoms with van der Waals surface area (Å²) in [5.41, 5.74) is 2.07. The van der Waals surface area contributed by atoms with Crippen molar-refractivity contribution in [3.8, 4) is 5.75 Å². The predicted molar refractivity (Wildman–Crippen MR) is 99.8 cm³/mol. The molecular weight excluding hydrogens is 331 g/mol. The first kappa shape index (κ1) is 18.4. The number of benzene rings is 2. The molecule has 1 fully saturated rings. The second-order valence-corrected chi connectivity index (χ2v) is 6.59. The van der Waals surface area contributed by atoms with Gasteiger partial charge in [0.25, 0.3) is 0 Å². The van der Waals surface area contributed by atoms with Crippen LogP contribution in [-0.2, 0) is 17.6 Å². The number of amides is 1. The average Bonchev–Trinajstić information content (AvgIpc) is 2.68. The fourth-order valence-corrected chi connectivity index (χ4v) is 3.30. The summed E-state index contributed by atoms with van der Waals surface area (Å²) in [5.74, 6) is 0.770. The van der Waals surface area contributed by atoms with E-state index in [0.29, 0.717) is 6.42 Å². The molecule has 3 rings (SSSR count). The van der Waals surface area contributed by atoms with E-state index < -0.39 is 0 Å². The third-order valence-electron chi connectivity index (χ3n) is 4.88. The fraction of sp³-hybridized carbons (Fsp3) is 0.381. The number of methoxy groups -OCH3 is 1. The Hall–Kier alpha value is -2.40.